The molecule has 0 saturated carbocycles. The third-order valence-electron chi connectivity index (χ3n) is 1.63. The molecule has 1 aliphatic heterocycles. The quantitative estimate of drug-likeness (QED) is 0.665. The second kappa shape index (κ2) is 3.31. The van der Waals surface area contributed by atoms with Gasteiger partial charge in [-0.2, -0.15) is 0 Å². The monoisotopic (exact) mass is 173 g/mol. The lowest BCUT2D eigenvalue weighted by Gasteiger charge is -2.31. The maximum absolute atomic E-state index is 11.1. The Morgan fingerprint density at radius 1 is 1.67 bits per heavy atom. The van der Waals surface area contributed by atoms with Crippen molar-refractivity contribution < 1.29 is 14.6 Å². The fourth-order valence-electron chi connectivity index (χ4n) is 1.21. The van der Waals surface area contributed by atoms with E-state index in [0.29, 0.717) is 19.7 Å². The van der Waals surface area contributed by atoms with Crippen LogP contribution in [-0.4, -0.2) is 41.4 Å². The number of aliphatic hydroxyl groups is 1. The van der Waals surface area contributed by atoms with Gasteiger partial charge in [0.05, 0.1) is 18.8 Å². The Morgan fingerprint density at radius 2 is 2.33 bits per heavy atom. The summed E-state index contributed by atoms with van der Waals surface area (Å²) >= 11 is 0. The number of carbonyl (C=O) groups excluding carboxylic acids is 1. The van der Waals surface area contributed by atoms with E-state index in [1.165, 1.54) is 4.90 Å². The van der Waals surface area contributed by atoms with Gasteiger partial charge in [-0.25, -0.2) is 4.79 Å². The van der Waals surface area contributed by atoms with Crippen LogP contribution in [0.2, 0.25) is 0 Å². The third-order valence-corrected chi connectivity index (χ3v) is 1.63. The van der Waals surface area contributed by atoms with Crippen LogP contribution in [0, 0.1) is 0 Å². The molecular formula is C8H15NO3. The first-order valence-corrected chi connectivity index (χ1v) is 4.13. The van der Waals surface area contributed by atoms with Gasteiger partial charge in [0.1, 0.15) is 0 Å². The average molecular weight is 173 g/mol. The van der Waals surface area contributed by atoms with Gasteiger partial charge in [0, 0.05) is 6.54 Å². The van der Waals surface area contributed by atoms with Crippen molar-refractivity contribution in [3.8, 4) is 0 Å². The second-order valence-corrected chi connectivity index (χ2v) is 3.70. The fourth-order valence-corrected chi connectivity index (χ4v) is 1.21. The number of hydrogen-bond acceptors (Lipinski definition) is 3. The molecule has 0 aromatic heterocycles. The summed E-state index contributed by atoms with van der Waals surface area (Å²) < 4.78 is 4.81. The van der Waals surface area contributed by atoms with Gasteiger partial charge < -0.3 is 14.7 Å². The van der Waals surface area contributed by atoms with Crippen molar-refractivity contribution >= 4 is 6.09 Å². The highest BCUT2D eigenvalue weighted by Crippen LogP contribution is 2.10. The summed E-state index contributed by atoms with van der Waals surface area (Å²) in [5.74, 6) is 0. The van der Waals surface area contributed by atoms with E-state index in [1.807, 2.05) is 0 Å². The highest BCUT2D eigenvalue weighted by Gasteiger charge is 2.25. The van der Waals surface area contributed by atoms with E-state index in [9.17, 15) is 9.90 Å². The molecule has 0 atom stereocenters. The molecule has 4 heteroatoms. The van der Waals surface area contributed by atoms with Crippen LogP contribution < -0.4 is 0 Å². The second-order valence-electron chi connectivity index (χ2n) is 3.70. The lowest BCUT2D eigenvalue weighted by Crippen LogP contribution is -2.45. The minimum absolute atomic E-state index is 0.316. The molecule has 0 aromatic carbocycles. The molecule has 0 bridgehead atoms. The number of amides is 1. The molecule has 4 nitrogen and oxygen atoms in total. The van der Waals surface area contributed by atoms with E-state index in [1.54, 1.807) is 13.8 Å². The first kappa shape index (κ1) is 9.32. The first-order chi connectivity index (χ1) is 5.49. The van der Waals surface area contributed by atoms with E-state index < -0.39 is 5.60 Å². The minimum atomic E-state index is -0.837. The third kappa shape index (κ3) is 2.70. The average Bonchev–Trinajstić information content (AvgIpc) is 1.91. The van der Waals surface area contributed by atoms with Gasteiger partial charge in [0.25, 0.3) is 0 Å². The molecule has 0 aliphatic carbocycles. The maximum Gasteiger partial charge on any atom is 0.409 e. The van der Waals surface area contributed by atoms with Crippen LogP contribution in [0.4, 0.5) is 4.79 Å². The van der Waals surface area contributed by atoms with Gasteiger partial charge in [-0.3, -0.25) is 0 Å². The Hall–Kier alpha value is -0.770. The zero-order chi connectivity index (χ0) is 9.19. The molecule has 1 heterocycles. The van der Waals surface area contributed by atoms with Crippen molar-refractivity contribution in [2.75, 3.05) is 19.7 Å². The number of rotatable bonds is 2. The van der Waals surface area contributed by atoms with Gasteiger partial charge in [-0.05, 0) is 20.3 Å². The summed E-state index contributed by atoms with van der Waals surface area (Å²) in [6.45, 7) is 4.87. The molecule has 1 N–H and O–H groups in total. The molecule has 1 fully saturated rings. The van der Waals surface area contributed by atoms with Crippen LogP contribution in [0.3, 0.4) is 0 Å². The van der Waals surface area contributed by atoms with Gasteiger partial charge in [-0.1, -0.05) is 0 Å². The summed E-state index contributed by atoms with van der Waals surface area (Å²) in [5, 5.41) is 9.44. The number of β-amino-alcohol motifs (C(OH)–C–C–N with tert-alkyl or cyclic N) is 1. The Labute approximate surface area is 72.1 Å². The summed E-state index contributed by atoms with van der Waals surface area (Å²) in [4.78, 5) is 12.6. The first-order valence-electron chi connectivity index (χ1n) is 4.13. The van der Waals surface area contributed by atoms with E-state index in [0.717, 1.165) is 6.42 Å². The van der Waals surface area contributed by atoms with Gasteiger partial charge in [-0.15, -0.1) is 0 Å². The molecule has 0 spiro atoms. The van der Waals surface area contributed by atoms with E-state index in [4.69, 9.17) is 4.74 Å². The predicted octanol–water partition coefficient (Wildman–Crippen LogP) is 0.600. The lowest BCUT2D eigenvalue weighted by molar-refractivity contribution is 0.0123. The Bertz CT molecular complexity index is 174. The minimum Gasteiger partial charge on any atom is -0.449 e. The van der Waals surface area contributed by atoms with Crippen molar-refractivity contribution in [2.45, 2.75) is 25.9 Å². The van der Waals surface area contributed by atoms with Crippen LogP contribution in [0.5, 0.6) is 0 Å². The summed E-state index contributed by atoms with van der Waals surface area (Å²) in [5.41, 5.74) is -0.837. The molecule has 1 aliphatic rings. The molecule has 0 aromatic rings. The summed E-state index contributed by atoms with van der Waals surface area (Å²) in [7, 11) is 0. The molecule has 70 valence electrons. The summed E-state index contributed by atoms with van der Waals surface area (Å²) in [6, 6.07) is 0. The molecule has 0 unspecified atom stereocenters. The maximum atomic E-state index is 11.1. The highest BCUT2D eigenvalue weighted by atomic mass is 16.6. The van der Waals surface area contributed by atoms with Crippen molar-refractivity contribution in [2.24, 2.45) is 0 Å². The highest BCUT2D eigenvalue weighted by molar-refractivity contribution is 5.68. The van der Waals surface area contributed by atoms with Crippen LogP contribution >= 0.6 is 0 Å². The summed E-state index contributed by atoms with van der Waals surface area (Å²) in [6.07, 6.45) is 0.533. The predicted molar refractivity (Wildman–Crippen MR) is 43.8 cm³/mol. The molecule has 1 amide bonds. The Kier molecular flexibility index (Phi) is 2.57. The van der Waals surface area contributed by atoms with E-state index in [-0.39, 0.29) is 6.09 Å². The topological polar surface area (TPSA) is 49.8 Å². The van der Waals surface area contributed by atoms with Crippen molar-refractivity contribution in [1.29, 1.82) is 0 Å². The van der Waals surface area contributed by atoms with E-state index in [2.05, 4.69) is 0 Å². The number of hydrogen-bond donors (Lipinski definition) is 1. The fraction of sp³-hybridized carbons (Fsp3) is 0.875. The van der Waals surface area contributed by atoms with Crippen LogP contribution in [0.15, 0.2) is 0 Å². The number of nitrogens with zero attached hydrogens (tertiary/aromatic N) is 1. The largest absolute Gasteiger partial charge is 0.449 e. The molecule has 1 rings (SSSR count). The van der Waals surface area contributed by atoms with Crippen LogP contribution in [0.25, 0.3) is 0 Å². The smallest absolute Gasteiger partial charge is 0.409 e. The molecular weight excluding hydrogens is 158 g/mol. The van der Waals surface area contributed by atoms with Crippen LogP contribution in [0.1, 0.15) is 20.3 Å². The zero-order valence-electron chi connectivity index (χ0n) is 7.54. The van der Waals surface area contributed by atoms with Gasteiger partial charge in [0.15, 0.2) is 0 Å². The number of cyclic esters (lactones) is 1. The molecule has 0 radical (unpaired) electrons. The standard InChI is InChI=1S/C8H15NO3/c1-8(2,11)6-9-4-3-5-12-7(9)10/h11H,3-6H2,1-2H3. The normalized spacial score (nSPS) is 19.2. The zero-order valence-corrected chi connectivity index (χ0v) is 7.54. The lowest BCUT2D eigenvalue weighted by atomic mass is 10.1. The molecule has 1 saturated heterocycles. The van der Waals surface area contributed by atoms with Crippen LogP contribution in [-0.2, 0) is 4.74 Å². The van der Waals surface area contributed by atoms with Gasteiger partial charge >= 0.3 is 6.09 Å². The Balaban J connectivity index is 2.45. The Morgan fingerprint density at radius 3 is 2.83 bits per heavy atom. The number of ether oxygens (including phenoxy) is 1. The van der Waals surface area contributed by atoms with E-state index >= 15 is 0 Å². The van der Waals surface area contributed by atoms with Gasteiger partial charge in [0.2, 0.25) is 0 Å². The van der Waals surface area contributed by atoms with Crippen molar-refractivity contribution in [1.82, 2.24) is 4.90 Å². The van der Waals surface area contributed by atoms with Crippen molar-refractivity contribution in [3.05, 3.63) is 0 Å². The number of carbonyl (C=O) groups is 1. The SMILES string of the molecule is CC(C)(O)CN1CCCOC1=O. The molecule has 12 heavy (non-hydrogen) atoms. The van der Waals surface area contributed by atoms with Crippen molar-refractivity contribution in [3.63, 3.8) is 0 Å².